The summed E-state index contributed by atoms with van der Waals surface area (Å²) in [5.41, 5.74) is -0.197. The van der Waals surface area contributed by atoms with Gasteiger partial charge in [-0.05, 0) is 32.6 Å². The molecule has 0 aromatic heterocycles. The lowest BCUT2D eigenvalue weighted by molar-refractivity contribution is -0.147. The molecule has 1 N–H and O–H groups in total. The van der Waals surface area contributed by atoms with Crippen LogP contribution in [0.4, 0.5) is 0 Å². The van der Waals surface area contributed by atoms with E-state index in [0.717, 1.165) is 0 Å². The summed E-state index contributed by atoms with van der Waals surface area (Å²) < 4.78 is 5.73. The van der Waals surface area contributed by atoms with E-state index in [4.69, 9.17) is 4.74 Å². The third-order valence-corrected chi connectivity index (χ3v) is 3.64. The van der Waals surface area contributed by atoms with Gasteiger partial charge in [0, 0.05) is 0 Å². The van der Waals surface area contributed by atoms with E-state index in [1.54, 1.807) is 0 Å². The van der Waals surface area contributed by atoms with Crippen LogP contribution in [-0.2, 0) is 9.53 Å². The van der Waals surface area contributed by atoms with Gasteiger partial charge in [0.05, 0.1) is 11.6 Å². The molecule has 2 aliphatic rings. The van der Waals surface area contributed by atoms with E-state index < -0.39 is 0 Å². The first-order chi connectivity index (χ1) is 7.09. The summed E-state index contributed by atoms with van der Waals surface area (Å²) in [6, 6.07) is 0. The highest BCUT2D eigenvalue weighted by atomic mass is 16.5. The van der Waals surface area contributed by atoms with Crippen molar-refractivity contribution in [3.8, 4) is 0 Å². The van der Waals surface area contributed by atoms with Crippen LogP contribution in [0.15, 0.2) is 0 Å². The zero-order valence-electron chi connectivity index (χ0n) is 9.71. The van der Waals surface area contributed by atoms with Gasteiger partial charge in [-0.2, -0.15) is 0 Å². The van der Waals surface area contributed by atoms with Crippen LogP contribution in [0.25, 0.3) is 0 Å². The largest absolute Gasteiger partial charge is 0.366 e. The van der Waals surface area contributed by atoms with E-state index in [2.05, 4.69) is 19.2 Å². The van der Waals surface area contributed by atoms with Crippen LogP contribution in [0.3, 0.4) is 0 Å². The Morgan fingerprint density at radius 2 is 1.93 bits per heavy atom. The van der Waals surface area contributed by atoms with E-state index in [0.29, 0.717) is 5.92 Å². The lowest BCUT2D eigenvalue weighted by Gasteiger charge is -2.44. The fourth-order valence-corrected chi connectivity index (χ4v) is 3.00. The summed E-state index contributed by atoms with van der Waals surface area (Å²) in [5.74, 6) is 0.654. The van der Waals surface area contributed by atoms with Crippen LogP contribution in [0.2, 0.25) is 0 Å². The summed E-state index contributed by atoms with van der Waals surface area (Å²) in [6.07, 6.45) is 6.70. The fourth-order valence-electron chi connectivity index (χ4n) is 3.00. The molecule has 1 aliphatic heterocycles. The van der Waals surface area contributed by atoms with E-state index in [1.165, 1.54) is 32.1 Å². The highest BCUT2D eigenvalue weighted by Crippen LogP contribution is 2.34. The van der Waals surface area contributed by atoms with Crippen LogP contribution >= 0.6 is 0 Å². The Bertz CT molecular complexity index is 244. The number of nitrogens with one attached hydrogen (secondary N) is 1. The minimum absolute atomic E-state index is 0.0204. The molecule has 0 spiro atoms. The Labute approximate surface area is 91.6 Å². The molecule has 0 aromatic rings. The van der Waals surface area contributed by atoms with Crippen molar-refractivity contribution >= 4 is 5.91 Å². The van der Waals surface area contributed by atoms with Gasteiger partial charge < -0.3 is 10.1 Å². The second-order valence-corrected chi connectivity index (χ2v) is 5.40. The molecule has 1 atom stereocenters. The van der Waals surface area contributed by atoms with Crippen molar-refractivity contribution in [2.45, 2.75) is 57.6 Å². The molecule has 1 heterocycles. The van der Waals surface area contributed by atoms with Gasteiger partial charge in [-0.15, -0.1) is 0 Å². The average Bonchev–Trinajstić information content (AvgIpc) is 2.17. The molecule has 0 bridgehead atoms. The Balaban J connectivity index is 2.03. The SMILES string of the molecule is CC1(C)NC(=O)CO[C@@H]1C1CCCCC1. The molecule has 2 fully saturated rings. The van der Waals surface area contributed by atoms with Crippen molar-refractivity contribution in [3.05, 3.63) is 0 Å². The van der Waals surface area contributed by atoms with Crippen LogP contribution < -0.4 is 5.32 Å². The highest BCUT2D eigenvalue weighted by molar-refractivity contribution is 5.78. The monoisotopic (exact) mass is 211 g/mol. The van der Waals surface area contributed by atoms with Gasteiger partial charge in [0.2, 0.25) is 5.91 Å². The fraction of sp³-hybridized carbons (Fsp3) is 0.917. The van der Waals surface area contributed by atoms with Gasteiger partial charge in [0.1, 0.15) is 6.61 Å². The molecule has 1 saturated carbocycles. The number of carbonyl (C=O) groups excluding carboxylic acids is 1. The minimum Gasteiger partial charge on any atom is -0.366 e. The van der Waals surface area contributed by atoms with Crippen molar-refractivity contribution in [1.29, 1.82) is 0 Å². The minimum atomic E-state index is -0.197. The van der Waals surface area contributed by atoms with Crippen molar-refractivity contribution < 1.29 is 9.53 Å². The molecular formula is C12H21NO2. The number of morpholine rings is 1. The van der Waals surface area contributed by atoms with Gasteiger partial charge in [-0.3, -0.25) is 4.79 Å². The molecular weight excluding hydrogens is 190 g/mol. The Hall–Kier alpha value is -0.570. The van der Waals surface area contributed by atoms with E-state index in [9.17, 15) is 4.79 Å². The van der Waals surface area contributed by atoms with E-state index in [-0.39, 0.29) is 24.2 Å². The van der Waals surface area contributed by atoms with E-state index >= 15 is 0 Å². The maximum atomic E-state index is 11.3. The summed E-state index contributed by atoms with van der Waals surface area (Å²) in [6.45, 7) is 4.39. The number of carbonyl (C=O) groups is 1. The Morgan fingerprint density at radius 1 is 1.27 bits per heavy atom. The lowest BCUT2D eigenvalue weighted by atomic mass is 9.77. The van der Waals surface area contributed by atoms with Gasteiger partial charge in [0.25, 0.3) is 0 Å². The molecule has 1 amide bonds. The standard InChI is InChI=1S/C12H21NO2/c1-12(2)11(15-8-10(14)13-12)9-6-4-3-5-7-9/h9,11H,3-8H2,1-2H3,(H,13,14)/t11-/m1/s1. The number of hydrogen-bond acceptors (Lipinski definition) is 2. The molecule has 2 rings (SSSR count). The molecule has 1 aliphatic carbocycles. The van der Waals surface area contributed by atoms with Crippen LogP contribution in [-0.4, -0.2) is 24.2 Å². The van der Waals surface area contributed by atoms with Crippen LogP contribution in [0, 0.1) is 5.92 Å². The number of amides is 1. The van der Waals surface area contributed by atoms with E-state index in [1.807, 2.05) is 0 Å². The summed E-state index contributed by atoms with van der Waals surface area (Å²) in [4.78, 5) is 11.3. The molecule has 86 valence electrons. The lowest BCUT2D eigenvalue weighted by Crippen LogP contribution is -2.61. The van der Waals surface area contributed by atoms with Crippen LogP contribution in [0.5, 0.6) is 0 Å². The predicted octanol–water partition coefficient (Wildman–Crippen LogP) is 1.86. The van der Waals surface area contributed by atoms with Crippen molar-refractivity contribution in [2.24, 2.45) is 5.92 Å². The molecule has 15 heavy (non-hydrogen) atoms. The molecule has 3 nitrogen and oxygen atoms in total. The predicted molar refractivity (Wildman–Crippen MR) is 58.5 cm³/mol. The Kier molecular flexibility index (Phi) is 3.01. The van der Waals surface area contributed by atoms with Crippen molar-refractivity contribution in [3.63, 3.8) is 0 Å². The second-order valence-electron chi connectivity index (χ2n) is 5.40. The summed E-state index contributed by atoms with van der Waals surface area (Å²) in [7, 11) is 0. The van der Waals surface area contributed by atoms with Crippen LogP contribution in [0.1, 0.15) is 46.0 Å². The zero-order chi connectivity index (χ0) is 10.9. The third-order valence-electron chi connectivity index (χ3n) is 3.64. The first-order valence-corrected chi connectivity index (χ1v) is 6.02. The summed E-state index contributed by atoms with van der Waals surface area (Å²) >= 11 is 0. The van der Waals surface area contributed by atoms with Gasteiger partial charge >= 0.3 is 0 Å². The average molecular weight is 211 g/mol. The molecule has 3 heteroatoms. The second kappa shape index (κ2) is 4.12. The maximum absolute atomic E-state index is 11.3. The van der Waals surface area contributed by atoms with Gasteiger partial charge in [0.15, 0.2) is 0 Å². The van der Waals surface area contributed by atoms with Crippen molar-refractivity contribution in [2.75, 3.05) is 6.61 Å². The number of hydrogen-bond donors (Lipinski definition) is 1. The smallest absolute Gasteiger partial charge is 0.246 e. The zero-order valence-corrected chi connectivity index (χ0v) is 9.71. The molecule has 0 radical (unpaired) electrons. The normalized spacial score (nSPS) is 32.4. The quantitative estimate of drug-likeness (QED) is 0.719. The topological polar surface area (TPSA) is 38.3 Å². The van der Waals surface area contributed by atoms with Crippen molar-refractivity contribution in [1.82, 2.24) is 5.32 Å². The Morgan fingerprint density at radius 3 is 2.53 bits per heavy atom. The molecule has 0 aromatic carbocycles. The molecule has 1 saturated heterocycles. The maximum Gasteiger partial charge on any atom is 0.246 e. The van der Waals surface area contributed by atoms with Gasteiger partial charge in [-0.1, -0.05) is 19.3 Å². The number of ether oxygens (including phenoxy) is 1. The third kappa shape index (κ3) is 2.33. The first-order valence-electron chi connectivity index (χ1n) is 6.02. The highest BCUT2D eigenvalue weighted by Gasteiger charge is 2.41. The molecule has 0 unspecified atom stereocenters. The number of rotatable bonds is 1. The summed E-state index contributed by atoms with van der Waals surface area (Å²) in [5, 5.41) is 3.04. The van der Waals surface area contributed by atoms with Gasteiger partial charge in [-0.25, -0.2) is 0 Å². The first kappa shape index (κ1) is 10.9.